The van der Waals surface area contributed by atoms with Crippen LogP contribution in [-0.2, 0) is 60.9 Å². The normalized spacial score (nSPS) is 14.2. The van der Waals surface area contributed by atoms with Gasteiger partial charge in [-0.15, -0.1) is 6.42 Å². The molecule has 0 amide bonds. The van der Waals surface area contributed by atoms with Gasteiger partial charge in [0, 0.05) is 50.4 Å². The SMILES string of the molecule is C.C#CC(O)(c1ccc(OC)cc1)c1ccc(OC)cc1.COc1ccc(C2(c3ccc(OC)cc3)C=Cc3c4c(c5ccccc5c3O2)-c2ccccc2CCC4)cc1.N#Cc1c2c(c3ccccc3c1O)-c1ccccc1CCC2.O=C1CCCc2ccccc2C1c1ccccc1.Oc1cc2c(c3ccccc13)-c1ccccc1CCC2. The number of hydrogen-bond donors (Lipinski definition) is 3. The van der Waals surface area contributed by atoms with Gasteiger partial charge >= 0.3 is 0 Å². The fourth-order valence-electron chi connectivity index (χ4n) is 18.1. The van der Waals surface area contributed by atoms with Gasteiger partial charge in [-0.2, -0.15) is 5.26 Å². The minimum atomic E-state index is -1.47. The van der Waals surface area contributed by atoms with E-state index < -0.39 is 11.2 Å². The number of methoxy groups -OCH3 is 4. The second kappa shape index (κ2) is 36.3. The van der Waals surface area contributed by atoms with Gasteiger partial charge in [-0.1, -0.05) is 268 Å². The predicted octanol–water partition coefficient (Wildman–Crippen LogP) is 24.6. The van der Waals surface area contributed by atoms with Crippen LogP contribution in [0.25, 0.3) is 71.8 Å². The highest BCUT2D eigenvalue weighted by Gasteiger charge is 2.40. The third-order valence-corrected chi connectivity index (χ3v) is 24.0. The molecule has 20 rings (SSSR count). The smallest absolute Gasteiger partial charge is 0.178 e. The number of hydrogen-bond acceptors (Lipinski definition) is 10. The number of rotatable bonds is 9. The second-order valence-corrected chi connectivity index (χ2v) is 30.7. The number of aromatic hydroxyl groups is 2. The fraction of sp³-hybridized carbons (Fsp3) is 0.182. The lowest BCUT2D eigenvalue weighted by atomic mass is 9.81. The first-order chi connectivity index (χ1) is 58.4. The van der Waals surface area contributed by atoms with Gasteiger partial charge in [0.25, 0.3) is 0 Å². The summed E-state index contributed by atoms with van der Waals surface area (Å²) in [5.41, 5.74) is 21.8. The Balaban J connectivity index is 0.000000121. The molecule has 1 aliphatic heterocycles. The average Bonchev–Trinajstić information content (AvgIpc) is 0.883. The van der Waals surface area contributed by atoms with Crippen molar-refractivity contribution in [3.8, 4) is 92.0 Å². The molecule has 1 unspecified atom stereocenters. The summed E-state index contributed by atoms with van der Waals surface area (Å²) < 4.78 is 28.4. The number of benzene rings is 15. The first-order valence-corrected chi connectivity index (χ1v) is 40.9. The van der Waals surface area contributed by atoms with E-state index >= 15 is 0 Å². The molecule has 120 heavy (non-hydrogen) atoms. The van der Waals surface area contributed by atoms with Crippen molar-refractivity contribution in [2.45, 2.75) is 102 Å². The molecule has 0 bridgehead atoms. The summed E-state index contributed by atoms with van der Waals surface area (Å²) in [6, 6.07) is 104. The highest BCUT2D eigenvalue weighted by molar-refractivity contribution is 6.07. The minimum Gasteiger partial charge on any atom is -0.507 e. The number of nitriles is 1. The van der Waals surface area contributed by atoms with E-state index in [2.05, 4.69) is 182 Å². The molecule has 10 heteroatoms. The number of phenols is 2. The summed E-state index contributed by atoms with van der Waals surface area (Å²) in [6.07, 6.45) is 22.1. The van der Waals surface area contributed by atoms with Gasteiger partial charge in [0.05, 0.1) is 39.9 Å². The highest BCUT2D eigenvalue weighted by Crippen LogP contribution is 2.52. The zero-order valence-electron chi connectivity index (χ0n) is 67.4. The molecule has 596 valence electrons. The van der Waals surface area contributed by atoms with Gasteiger partial charge in [0.1, 0.15) is 52.1 Å². The van der Waals surface area contributed by atoms with Crippen LogP contribution in [0.1, 0.15) is 129 Å². The molecule has 0 saturated heterocycles. The maximum absolute atomic E-state index is 12.4. The molecule has 15 aromatic carbocycles. The largest absolute Gasteiger partial charge is 0.507 e. The number of nitrogens with zero attached hydrogens (tertiary/aromatic N) is 1. The standard InChI is InChI=1S/C36H30O3.C20H15NO.C19H16O.C17H16O3.C17H16O.CH4/c1-37-27-18-14-25(15-19-27)36(26-16-20-28(38-2)21-17-26)23-22-33-31-13-7-9-24-8-3-4-10-29(24)34(31)30-11-5-6-12-32(30)35(33)39-36;21-12-18-16-11-5-7-13-6-1-2-8-14(13)19(16)15-9-3-4-10-17(15)20(18)22;20-18-12-14-8-5-7-13-6-1-2-9-15(13)19(14)17-11-4-3-10-16(17)18;1-4-17(18,13-5-9-15(19-2)10-6-13)14-7-11-16(20-3)12-8-14;18-16-12-6-10-13-7-4-5-11-15(13)17(16)14-8-2-1-3-9-14;/h3-6,8,10-12,14-23H,7,9,13H2,1-2H3;1-4,6,8-10,22H,5,7,11H2;1-4,6,9-12,20H,5,7-8H2;1,5-12,18H,2-3H3;1-5,7-9,11,17H,6,10,12H2;1H4. The maximum Gasteiger partial charge on any atom is 0.178 e. The third-order valence-electron chi connectivity index (χ3n) is 24.0. The molecular formula is C110H97NO9. The van der Waals surface area contributed by atoms with Crippen LogP contribution >= 0.6 is 0 Å². The second-order valence-electron chi connectivity index (χ2n) is 30.7. The Morgan fingerprint density at radius 1 is 0.425 bits per heavy atom. The number of carbonyl (C=O) groups is 1. The van der Waals surface area contributed by atoms with E-state index in [1.54, 1.807) is 77.0 Å². The number of aryl methyl sites for hydroxylation is 5. The molecule has 0 saturated carbocycles. The molecular weight excluding hydrogens is 1480 g/mol. The quantitative estimate of drug-likeness (QED) is 0.0942. The molecule has 1 atom stereocenters. The van der Waals surface area contributed by atoms with E-state index in [-0.39, 0.29) is 19.1 Å². The summed E-state index contributed by atoms with van der Waals surface area (Å²) in [6.45, 7) is 0. The number of ether oxygens (including phenoxy) is 5. The summed E-state index contributed by atoms with van der Waals surface area (Å²) in [4.78, 5) is 12.4. The number of carbonyl (C=O) groups excluding carboxylic acids is 1. The van der Waals surface area contributed by atoms with Gasteiger partial charge < -0.3 is 39.0 Å². The van der Waals surface area contributed by atoms with Crippen LogP contribution in [0, 0.1) is 23.7 Å². The van der Waals surface area contributed by atoms with E-state index in [9.17, 15) is 25.4 Å². The van der Waals surface area contributed by atoms with Gasteiger partial charge in [-0.3, -0.25) is 4.79 Å². The Kier molecular flexibility index (Phi) is 24.6. The van der Waals surface area contributed by atoms with Gasteiger partial charge in [-0.05, 0) is 231 Å². The minimum absolute atomic E-state index is 0. The number of ketones is 1. The Morgan fingerprint density at radius 2 is 0.817 bits per heavy atom. The molecule has 5 aliphatic rings. The van der Waals surface area contributed by atoms with E-state index in [1.807, 2.05) is 97.1 Å². The van der Waals surface area contributed by atoms with Crippen LogP contribution in [0.5, 0.6) is 40.2 Å². The van der Waals surface area contributed by atoms with Gasteiger partial charge in [-0.25, -0.2) is 0 Å². The lowest BCUT2D eigenvalue weighted by Gasteiger charge is -2.38. The molecule has 0 spiro atoms. The van der Waals surface area contributed by atoms with Crippen LogP contribution in [0.2, 0.25) is 0 Å². The van der Waals surface area contributed by atoms with Crippen molar-refractivity contribution in [2.24, 2.45) is 0 Å². The Bertz CT molecular complexity index is 6260. The summed E-state index contributed by atoms with van der Waals surface area (Å²) >= 11 is 0. The van der Waals surface area contributed by atoms with Gasteiger partial charge in [0.2, 0.25) is 0 Å². The zero-order valence-corrected chi connectivity index (χ0v) is 67.4. The topological polar surface area (TPSA) is 148 Å². The number of phenolic OH excluding ortho intramolecular Hbond substituents is 2. The summed E-state index contributed by atoms with van der Waals surface area (Å²) in [5, 5.41) is 47.4. The average molecular weight is 1580 g/mol. The summed E-state index contributed by atoms with van der Waals surface area (Å²) in [5.74, 6) is 7.27. The van der Waals surface area contributed by atoms with Crippen molar-refractivity contribution in [3.63, 3.8) is 0 Å². The van der Waals surface area contributed by atoms with Crippen LogP contribution in [0.4, 0.5) is 0 Å². The van der Waals surface area contributed by atoms with E-state index in [0.717, 1.165) is 143 Å². The number of Topliss-reactive ketones (excluding diaryl/α,β-unsaturated/α-hetero) is 1. The monoisotopic (exact) mass is 1580 g/mol. The van der Waals surface area contributed by atoms with Crippen molar-refractivity contribution >= 4 is 44.2 Å². The molecule has 3 N–H and O–H groups in total. The third kappa shape index (κ3) is 16.0. The van der Waals surface area contributed by atoms with Crippen molar-refractivity contribution in [2.75, 3.05) is 28.4 Å². The lowest BCUT2D eigenvalue weighted by Crippen LogP contribution is -2.34. The van der Waals surface area contributed by atoms with E-state index in [1.165, 1.54) is 77.7 Å². The van der Waals surface area contributed by atoms with Crippen LogP contribution in [-0.4, -0.2) is 49.5 Å². The first-order valence-electron chi connectivity index (χ1n) is 40.9. The molecule has 0 radical (unpaired) electrons. The number of fused-ring (bicyclic) bond motifs is 19. The van der Waals surface area contributed by atoms with E-state index in [4.69, 9.17) is 30.1 Å². The predicted molar refractivity (Wildman–Crippen MR) is 486 cm³/mol. The summed E-state index contributed by atoms with van der Waals surface area (Å²) in [7, 11) is 6.56. The Labute approximate surface area is 703 Å². The van der Waals surface area contributed by atoms with Crippen molar-refractivity contribution in [1.82, 2.24) is 0 Å². The highest BCUT2D eigenvalue weighted by atomic mass is 16.5. The molecule has 10 nitrogen and oxygen atoms in total. The number of terminal acetylenes is 1. The van der Waals surface area contributed by atoms with Crippen molar-refractivity contribution < 1.29 is 43.8 Å². The maximum atomic E-state index is 12.4. The molecule has 0 fully saturated rings. The van der Waals surface area contributed by atoms with Gasteiger partial charge in [0.15, 0.2) is 11.2 Å². The Hall–Kier alpha value is -13.9. The first kappa shape index (κ1) is 81.3. The van der Waals surface area contributed by atoms with Crippen LogP contribution in [0.15, 0.2) is 309 Å². The molecule has 4 aliphatic carbocycles. The number of aliphatic hydroxyl groups is 1. The molecule has 15 aromatic rings. The lowest BCUT2D eigenvalue weighted by molar-refractivity contribution is -0.119. The van der Waals surface area contributed by atoms with Crippen molar-refractivity contribution in [3.05, 3.63) is 393 Å². The molecule has 0 aromatic heterocycles. The Morgan fingerprint density at radius 3 is 1.33 bits per heavy atom. The van der Waals surface area contributed by atoms with E-state index in [0.29, 0.717) is 46.1 Å². The fourth-order valence-corrected chi connectivity index (χ4v) is 18.1. The van der Waals surface area contributed by atoms with Crippen molar-refractivity contribution in [1.29, 1.82) is 5.26 Å². The zero-order chi connectivity index (χ0) is 82.0. The van der Waals surface area contributed by atoms with Crippen LogP contribution in [0.3, 0.4) is 0 Å². The van der Waals surface area contributed by atoms with Crippen LogP contribution < -0.4 is 23.7 Å². The molecule has 1 heterocycles.